The lowest BCUT2D eigenvalue weighted by Gasteiger charge is -2.29. The number of primary amides is 1. The van der Waals surface area contributed by atoms with Crippen LogP contribution in [0.3, 0.4) is 0 Å². The number of rotatable bonds is 9. The van der Waals surface area contributed by atoms with E-state index in [1.807, 2.05) is 54.6 Å². The maximum Gasteiger partial charge on any atom is 0.246 e. The standard InChI is InChI=1S/C27H33FN4O4/c1-16(2)18-9-11-20(12-10-18)25(19-7-5-4-6-8-19)31-26(35)23-13-21(28)15-32(23)27(36)22(14-24(29)34)30-17(3)33/h4-12,16,21-23,25H,13-15H2,1-3H3,(H2,29,34)(H,30,33)(H,31,35)/t21-,22+,23+,25+/m1/s1. The van der Waals surface area contributed by atoms with E-state index in [1.54, 1.807) is 0 Å². The first-order chi connectivity index (χ1) is 17.1. The van der Waals surface area contributed by atoms with Crippen molar-refractivity contribution in [3.05, 3.63) is 71.3 Å². The number of nitrogens with two attached hydrogens (primary N) is 1. The Labute approximate surface area is 210 Å². The molecule has 0 aliphatic carbocycles. The lowest BCUT2D eigenvalue weighted by atomic mass is 9.95. The molecule has 0 saturated carbocycles. The van der Waals surface area contributed by atoms with Crippen molar-refractivity contribution in [2.45, 2.75) is 63.8 Å². The average molecular weight is 497 g/mol. The molecular formula is C27H33FN4O4. The minimum Gasteiger partial charge on any atom is -0.370 e. The number of hydrogen-bond acceptors (Lipinski definition) is 4. The zero-order valence-corrected chi connectivity index (χ0v) is 20.7. The van der Waals surface area contributed by atoms with E-state index in [-0.39, 0.29) is 13.0 Å². The van der Waals surface area contributed by atoms with Crippen LogP contribution in [0.5, 0.6) is 0 Å². The van der Waals surface area contributed by atoms with E-state index in [0.29, 0.717) is 5.92 Å². The highest BCUT2D eigenvalue weighted by atomic mass is 19.1. The van der Waals surface area contributed by atoms with Gasteiger partial charge in [-0.05, 0) is 22.6 Å². The fourth-order valence-corrected chi connectivity index (χ4v) is 4.44. The van der Waals surface area contributed by atoms with Crippen LogP contribution in [-0.4, -0.2) is 53.3 Å². The lowest BCUT2D eigenvalue weighted by Crippen LogP contribution is -2.54. The molecule has 1 saturated heterocycles. The van der Waals surface area contributed by atoms with E-state index in [2.05, 4.69) is 24.5 Å². The summed E-state index contributed by atoms with van der Waals surface area (Å²) in [6, 6.07) is 14.4. The summed E-state index contributed by atoms with van der Waals surface area (Å²) in [5.74, 6) is -2.23. The number of benzene rings is 2. The number of carbonyl (C=O) groups excluding carboxylic acids is 4. The maximum atomic E-state index is 14.5. The lowest BCUT2D eigenvalue weighted by molar-refractivity contribution is -0.142. The van der Waals surface area contributed by atoms with E-state index in [0.717, 1.165) is 21.6 Å². The number of nitrogens with one attached hydrogen (secondary N) is 2. The molecular weight excluding hydrogens is 463 g/mol. The first-order valence-corrected chi connectivity index (χ1v) is 12.0. The summed E-state index contributed by atoms with van der Waals surface area (Å²) in [6.07, 6.45) is -2.05. The van der Waals surface area contributed by atoms with Gasteiger partial charge in [-0.25, -0.2) is 4.39 Å². The van der Waals surface area contributed by atoms with Gasteiger partial charge in [-0.3, -0.25) is 19.2 Å². The van der Waals surface area contributed by atoms with Crippen molar-refractivity contribution in [3.63, 3.8) is 0 Å². The fraction of sp³-hybridized carbons (Fsp3) is 0.407. The monoisotopic (exact) mass is 496 g/mol. The topological polar surface area (TPSA) is 122 Å². The van der Waals surface area contributed by atoms with Crippen LogP contribution in [0.25, 0.3) is 0 Å². The Kier molecular flexibility index (Phi) is 8.79. The molecule has 8 nitrogen and oxygen atoms in total. The molecule has 9 heteroatoms. The number of likely N-dealkylation sites (tertiary alicyclic amines) is 1. The van der Waals surface area contributed by atoms with Crippen LogP contribution in [0.4, 0.5) is 4.39 Å². The van der Waals surface area contributed by atoms with E-state index < -0.39 is 54.3 Å². The minimum atomic E-state index is -1.42. The van der Waals surface area contributed by atoms with Crippen LogP contribution >= 0.6 is 0 Å². The van der Waals surface area contributed by atoms with Crippen molar-refractivity contribution in [2.75, 3.05) is 6.54 Å². The number of nitrogens with zero attached hydrogens (tertiary/aromatic N) is 1. The highest BCUT2D eigenvalue weighted by molar-refractivity contribution is 5.95. The SMILES string of the molecule is CC(=O)N[C@@H](CC(N)=O)C(=O)N1C[C@H](F)C[C@H]1C(=O)N[C@@H](c1ccccc1)c1ccc(C(C)C)cc1. The molecule has 0 radical (unpaired) electrons. The van der Waals surface area contributed by atoms with Crippen molar-refractivity contribution >= 4 is 23.6 Å². The zero-order chi connectivity index (χ0) is 26.4. The van der Waals surface area contributed by atoms with Crippen molar-refractivity contribution in [2.24, 2.45) is 5.73 Å². The normalized spacial score (nSPS) is 19.0. The van der Waals surface area contributed by atoms with Gasteiger partial charge in [-0.15, -0.1) is 0 Å². The summed E-state index contributed by atoms with van der Waals surface area (Å²) >= 11 is 0. The second-order valence-corrected chi connectivity index (χ2v) is 9.44. The molecule has 2 aromatic carbocycles. The summed E-state index contributed by atoms with van der Waals surface area (Å²) in [4.78, 5) is 50.7. The van der Waals surface area contributed by atoms with Crippen LogP contribution in [-0.2, 0) is 19.2 Å². The van der Waals surface area contributed by atoms with E-state index in [4.69, 9.17) is 5.73 Å². The van der Waals surface area contributed by atoms with Crippen LogP contribution in [0.1, 0.15) is 62.3 Å². The zero-order valence-electron chi connectivity index (χ0n) is 20.7. The average Bonchev–Trinajstić information content (AvgIpc) is 3.23. The highest BCUT2D eigenvalue weighted by Crippen LogP contribution is 2.27. The van der Waals surface area contributed by atoms with Crippen molar-refractivity contribution in [3.8, 4) is 0 Å². The fourth-order valence-electron chi connectivity index (χ4n) is 4.44. The molecule has 1 fully saturated rings. The Morgan fingerprint density at radius 2 is 1.56 bits per heavy atom. The van der Waals surface area contributed by atoms with Gasteiger partial charge in [0.1, 0.15) is 18.3 Å². The molecule has 0 aromatic heterocycles. The molecule has 4 N–H and O–H groups in total. The quantitative estimate of drug-likeness (QED) is 0.493. The molecule has 0 unspecified atom stereocenters. The van der Waals surface area contributed by atoms with Crippen molar-refractivity contribution in [1.29, 1.82) is 0 Å². The van der Waals surface area contributed by atoms with Crippen LogP contribution in [0.2, 0.25) is 0 Å². The Morgan fingerprint density at radius 1 is 0.972 bits per heavy atom. The van der Waals surface area contributed by atoms with Crippen LogP contribution < -0.4 is 16.4 Å². The number of carbonyl (C=O) groups is 4. The summed E-state index contributed by atoms with van der Waals surface area (Å²) in [7, 11) is 0. The third-order valence-electron chi connectivity index (χ3n) is 6.27. The Hall–Kier alpha value is -3.75. The molecule has 4 amide bonds. The van der Waals surface area contributed by atoms with Gasteiger partial charge < -0.3 is 21.3 Å². The van der Waals surface area contributed by atoms with Crippen LogP contribution in [0, 0.1) is 0 Å². The van der Waals surface area contributed by atoms with E-state index in [9.17, 15) is 23.6 Å². The summed E-state index contributed by atoms with van der Waals surface area (Å²) in [5.41, 5.74) is 8.07. The van der Waals surface area contributed by atoms with Gasteiger partial charge in [0.15, 0.2) is 0 Å². The Bertz CT molecular complexity index is 1070. The van der Waals surface area contributed by atoms with E-state index >= 15 is 0 Å². The maximum absolute atomic E-state index is 14.5. The molecule has 4 atom stereocenters. The predicted octanol–water partition coefficient (Wildman–Crippen LogP) is 2.33. The second kappa shape index (κ2) is 11.8. The molecule has 1 heterocycles. The summed E-state index contributed by atoms with van der Waals surface area (Å²) in [5, 5.41) is 5.37. The van der Waals surface area contributed by atoms with Gasteiger partial charge >= 0.3 is 0 Å². The predicted molar refractivity (Wildman–Crippen MR) is 133 cm³/mol. The van der Waals surface area contributed by atoms with Gasteiger partial charge in [0.05, 0.1) is 19.0 Å². The third kappa shape index (κ3) is 6.68. The summed E-state index contributed by atoms with van der Waals surface area (Å²) in [6.45, 7) is 5.07. The molecule has 1 aliphatic rings. The minimum absolute atomic E-state index is 0.186. The molecule has 192 valence electrons. The molecule has 1 aliphatic heterocycles. The van der Waals surface area contributed by atoms with E-state index in [1.165, 1.54) is 6.92 Å². The number of hydrogen-bond donors (Lipinski definition) is 3. The molecule has 36 heavy (non-hydrogen) atoms. The van der Waals surface area contributed by atoms with Gasteiger partial charge in [-0.2, -0.15) is 0 Å². The molecule has 0 spiro atoms. The second-order valence-electron chi connectivity index (χ2n) is 9.44. The van der Waals surface area contributed by atoms with Crippen LogP contribution in [0.15, 0.2) is 54.6 Å². The number of amides is 4. The Balaban J connectivity index is 1.87. The first-order valence-electron chi connectivity index (χ1n) is 12.0. The number of halogens is 1. The van der Waals surface area contributed by atoms with Crippen molar-refractivity contribution < 1.29 is 23.6 Å². The third-order valence-corrected chi connectivity index (χ3v) is 6.27. The number of alkyl halides is 1. The smallest absolute Gasteiger partial charge is 0.246 e. The van der Waals surface area contributed by atoms with Gasteiger partial charge in [0.2, 0.25) is 23.6 Å². The van der Waals surface area contributed by atoms with Gasteiger partial charge in [0, 0.05) is 13.3 Å². The van der Waals surface area contributed by atoms with Crippen molar-refractivity contribution in [1.82, 2.24) is 15.5 Å². The largest absolute Gasteiger partial charge is 0.370 e. The van der Waals surface area contributed by atoms with Gasteiger partial charge in [-0.1, -0.05) is 68.4 Å². The molecule has 0 bridgehead atoms. The van der Waals surface area contributed by atoms with Gasteiger partial charge in [0.25, 0.3) is 0 Å². The summed E-state index contributed by atoms with van der Waals surface area (Å²) < 4.78 is 14.5. The molecule has 2 aromatic rings. The molecule has 3 rings (SSSR count). The first kappa shape index (κ1) is 26.8. The highest BCUT2D eigenvalue weighted by Gasteiger charge is 2.43. The Morgan fingerprint density at radius 3 is 2.11 bits per heavy atom.